The first-order valence-corrected chi connectivity index (χ1v) is 7.91. The lowest BCUT2D eigenvalue weighted by Gasteiger charge is -2.36. The van der Waals surface area contributed by atoms with Crippen molar-refractivity contribution in [2.45, 2.75) is 38.1 Å². The van der Waals surface area contributed by atoms with Crippen molar-refractivity contribution < 1.29 is 0 Å². The third-order valence-corrected chi connectivity index (χ3v) is 4.50. The summed E-state index contributed by atoms with van der Waals surface area (Å²) in [4.78, 5) is 0. The Hall–Kier alpha value is -0.470. The van der Waals surface area contributed by atoms with Gasteiger partial charge in [-0.2, -0.15) is 11.8 Å². The van der Waals surface area contributed by atoms with Crippen LogP contribution in [0.4, 0.5) is 0 Å². The van der Waals surface area contributed by atoms with Crippen molar-refractivity contribution in [3.63, 3.8) is 0 Å². The van der Waals surface area contributed by atoms with Crippen LogP contribution < -0.4 is 5.32 Å². The molecule has 1 fully saturated rings. The summed E-state index contributed by atoms with van der Waals surface area (Å²) in [5, 5.41) is 3.66. The molecular weight excluding hydrogens is 226 g/mol. The molecule has 0 saturated heterocycles. The Bertz CT molecular complexity index is 306. The molecule has 2 heteroatoms. The summed E-state index contributed by atoms with van der Waals surface area (Å²) < 4.78 is 0. The molecule has 0 aromatic heterocycles. The van der Waals surface area contributed by atoms with E-state index in [-0.39, 0.29) is 0 Å². The zero-order valence-corrected chi connectivity index (χ0v) is 11.5. The zero-order valence-electron chi connectivity index (χ0n) is 10.7. The summed E-state index contributed by atoms with van der Waals surface area (Å²) in [6, 6.07) is 11.7. The van der Waals surface area contributed by atoms with Crippen molar-refractivity contribution in [2.24, 2.45) is 0 Å². The third kappa shape index (κ3) is 4.04. The van der Waals surface area contributed by atoms with Crippen molar-refractivity contribution in [2.75, 3.05) is 18.1 Å². The fourth-order valence-corrected chi connectivity index (χ4v) is 3.04. The molecule has 1 aliphatic rings. The molecule has 1 nitrogen and oxygen atoms in total. The third-order valence-electron chi connectivity index (χ3n) is 3.51. The van der Waals surface area contributed by atoms with E-state index in [0.717, 1.165) is 12.0 Å². The lowest BCUT2D eigenvalue weighted by molar-refractivity contribution is 0.292. The maximum Gasteiger partial charge on any atom is 0.00787 e. The molecule has 0 unspecified atom stereocenters. The smallest absolute Gasteiger partial charge is 0.00787 e. The average molecular weight is 249 g/mol. The van der Waals surface area contributed by atoms with E-state index in [0.29, 0.717) is 0 Å². The number of hydrogen-bond acceptors (Lipinski definition) is 2. The van der Waals surface area contributed by atoms with Crippen LogP contribution in [0.3, 0.4) is 0 Å². The Kier molecular flexibility index (Phi) is 5.40. The molecule has 94 valence electrons. The number of thioether (sulfide) groups is 1. The van der Waals surface area contributed by atoms with E-state index in [9.17, 15) is 0 Å². The van der Waals surface area contributed by atoms with Gasteiger partial charge in [0.1, 0.15) is 0 Å². The lowest BCUT2D eigenvalue weighted by atomic mass is 9.76. The molecule has 0 radical (unpaired) electrons. The molecule has 1 N–H and O–H groups in total. The maximum absolute atomic E-state index is 3.66. The van der Waals surface area contributed by atoms with Crippen LogP contribution in [0.25, 0.3) is 0 Å². The van der Waals surface area contributed by atoms with E-state index in [4.69, 9.17) is 0 Å². The summed E-state index contributed by atoms with van der Waals surface area (Å²) in [5.41, 5.74) is 1.52. The van der Waals surface area contributed by atoms with Crippen molar-refractivity contribution in [1.29, 1.82) is 0 Å². The van der Waals surface area contributed by atoms with E-state index >= 15 is 0 Å². The minimum absolute atomic E-state index is 0.770. The van der Waals surface area contributed by atoms with Gasteiger partial charge in [-0.3, -0.25) is 0 Å². The van der Waals surface area contributed by atoms with Gasteiger partial charge in [-0.1, -0.05) is 37.3 Å². The van der Waals surface area contributed by atoms with Gasteiger partial charge < -0.3 is 5.32 Å². The van der Waals surface area contributed by atoms with E-state index < -0.39 is 0 Å². The van der Waals surface area contributed by atoms with Gasteiger partial charge in [0.05, 0.1) is 0 Å². The fraction of sp³-hybridized carbons (Fsp3) is 0.600. The van der Waals surface area contributed by atoms with Crippen LogP contribution in [0, 0.1) is 0 Å². The van der Waals surface area contributed by atoms with Gasteiger partial charge in [0.2, 0.25) is 0 Å². The summed E-state index contributed by atoms with van der Waals surface area (Å²) in [6.45, 7) is 3.42. The molecule has 1 saturated carbocycles. The maximum atomic E-state index is 3.66. The van der Waals surface area contributed by atoms with Crippen molar-refractivity contribution in [3.8, 4) is 0 Å². The van der Waals surface area contributed by atoms with Gasteiger partial charge >= 0.3 is 0 Å². The van der Waals surface area contributed by atoms with Gasteiger partial charge in [-0.05, 0) is 48.8 Å². The molecule has 0 aliphatic heterocycles. The molecule has 1 aromatic rings. The molecule has 1 aliphatic carbocycles. The van der Waals surface area contributed by atoms with Crippen LogP contribution in [0.2, 0.25) is 0 Å². The largest absolute Gasteiger partial charge is 0.314 e. The minimum Gasteiger partial charge on any atom is -0.314 e. The molecule has 0 amide bonds. The molecule has 17 heavy (non-hydrogen) atoms. The highest BCUT2D eigenvalue weighted by molar-refractivity contribution is 7.99. The fourth-order valence-electron chi connectivity index (χ4n) is 2.41. The van der Waals surface area contributed by atoms with Crippen molar-refractivity contribution >= 4 is 11.8 Å². The summed E-state index contributed by atoms with van der Waals surface area (Å²) in [5.74, 6) is 3.36. The van der Waals surface area contributed by atoms with E-state index in [2.05, 4.69) is 42.6 Å². The Morgan fingerprint density at radius 3 is 2.71 bits per heavy atom. The zero-order chi connectivity index (χ0) is 11.9. The predicted molar refractivity (Wildman–Crippen MR) is 77.8 cm³/mol. The first-order valence-electron chi connectivity index (χ1n) is 6.76. The quantitative estimate of drug-likeness (QED) is 0.740. The van der Waals surface area contributed by atoms with Gasteiger partial charge in [0.25, 0.3) is 0 Å². The highest BCUT2D eigenvalue weighted by Crippen LogP contribution is 2.36. The topological polar surface area (TPSA) is 12.0 Å². The average Bonchev–Trinajstić information content (AvgIpc) is 2.32. The van der Waals surface area contributed by atoms with Crippen LogP contribution >= 0.6 is 11.8 Å². The van der Waals surface area contributed by atoms with Gasteiger partial charge in [0.15, 0.2) is 0 Å². The second-order valence-corrected chi connectivity index (χ2v) is 6.17. The van der Waals surface area contributed by atoms with Crippen molar-refractivity contribution in [1.82, 2.24) is 5.32 Å². The normalized spacial score (nSPS) is 23.4. The van der Waals surface area contributed by atoms with Crippen molar-refractivity contribution in [3.05, 3.63) is 35.9 Å². The molecule has 0 bridgehead atoms. The second-order valence-electron chi connectivity index (χ2n) is 4.78. The highest BCUT2D eigenvalue weighted by atomic mass is 32.2. The van der Waals surface area contributed by atoms with Crippen LogP contribution in [-0.4, -0.2) is 24.1 Å². The number of rotatable bonds is 7. The van der Waals surface area contributed by atoms with Crippen LogP contribution in [0.5, 0.6) is 0 Å². The summed E-state index contributed by atoms with van der Waals surface area (Å²) in [6.07, 6.45) is 3.96. The SMILES string of the molecule is CCSCCCNC1CC(c2ccccc2)C1. The van der Waals surface area contributed by atoms with Gasteiger partial charge in [0, 0.05) is 6.04 Å². The monoisotopic (exact) mass is 249 g/mol. The van der Waals surface area contributed by atoms with E-state index in [1.807, 2.05) is 11.8 Å². The van der Waals surface area contributed by atoms with Crippen LogP contribution in [0.15, 0.2) is 30.3 Å². The summed E-state index contributed by atoms with van der Waals surface area (Å²) in [7, 11) is 0. The lowest BCUT2D eigenvalue weighted by Crippen LogP contribution is -2.40. The molecule has 1 aromatic carbocycles. The molecule has 0 heterocycles. The van der Waals surface area contributed by atoms with Crippen LogP contribution in [0.1, 0.15) is 37.7 Å². The Morgan fingerprint density at radius 2 is 2.00 bits per heavy atom. The molecular formula is C15H23NS. The minimum atomic E-state index is 0.770. The Labute approximate surface area is 109 Å². The molecule has 0 atom stereocenters. The number of hydrogen-bond donors (Lipinski definition) is 1. The Balaban J connectivity index is 1.57. The Morgan fingerprint density at radius 1 is 1.24 bits per heavy atom. The first-order chi connectivity index (χ1) is 8.40. The molecule has 0 spiro atoms. The number of nitrogens with one attached hydrogen (secondary N) is 1. The highest BCUT2D eigenvalue weighted by Gasteiger charge is 2.29. The van der Waals surface area contributed by atoms with Gasteiger partial charge in [-0.15, -0.1) is 0 Å². The van der Waals surface area contributed by atoms with E-state index in [1.165, 1.54) is 42.9 Å². The second kappa shape index (κ2) is 7.07. The van der Waals surface area contributed by atoms with Crippen LogP contribution in [-0.2, 0) is 0 Å². The van der Waals surface area contributed by atoms with E-state index in [1.54, 1.807) is 0 Å². The molecule has 2 rings (SSSR count). The standard InChI is InChI=1S/C15H23NS/c1-2-17-10-6-9-16-15-11-14(12-15)13-7-4-3-5-8-13/h3-5,7-8,14-16H,2,6,9-12H2,1H3. The predicted octanol–water partition coefficient (Wildman–Crippen LogP) is 3.67. The summed E-state index contributed by atoms with van der Waals surface area (Å²) >= 11 is 2.04. The van der Waals surface area contributed by atoms with Gasteiger partial charge in [-0.25, -0.2) is 0 Å². The number of benzene rings is 1. The first kappa shape index (κ1) is 13.0.